The molecule has 8 nitrogen and oxygen atoms in total. The summed E-state index contributed by atoms with van der Waals surface area (Å²) in [6.07, 6.45) is 11.1. The standard InChI is InChI=1S/C20H21N5O.C6H13NO/c26-16-4-2-15(3-5-16)23-19-7-8-20-22-12-18(25(20)24-19)14-1-6-17-13(11-14)9-10-21-17;7-5-1-3-6(8)4-2-5/h1,6-12,15-16,21,26H,2-5H2,(H,23,24);5-6,8H,1-4,7H2. The summed E-state index contributed by atoms with van der Waals surface area (Å²) < 4.78 is 1.90. The van der Waals surface area contributed by atoms with E-state index < -0.39 is 0 Å². The number of hydrogen-bond donors (Lipinski definition) is 5. The quantitative estimate of drug-likeness (QED) is 0.315. The monoisotopic (exact) mass is 462 g/mol. The Morgan fingerprint density at radius 3 is 2.38 bits per heavy atom. The average Bonchev–Trinajstić information content (AvgIpc) is 3.49. The average molecular weight is 463 g/mol. The largest absolute Gasteiger partial charge is 0.393 e. The number of anilines is 1. The molecule has 0 saturated heterocycles. The molecular weight excluding hydrogens is 428 g/mol. The molecule has 1 aromatic carbocycles. The van der Waals surface area contributed by atoms with Gasteiger partial charge in [0.2, 0.25) is 0 Å². The molecular formula is C26H34N6O2. The summed E-state index contributed by atoms with van der Waals surface area (Å²) in [4.78, 5) is 7.71. The number of imidazole rings is 1. The zero-order valence-electron chi connectivity index (χ0n) is 19.4. The minimum Gasteiger partial charge on any atom is -0.393 e. The smallest absolute Gasteiger partial charge is 0.154 e. The first kappa shape index (κ1) is 22.8. The molecule has 0 bridgehead atoms. The third kappa shape index (κ3) is 5.24. The molecule has 4 aromatic rings. The maximum atomic E-state index is 9.67. The Kier molecular flexibility index (Phi) is 6.80. The number of nitrogens with two attached hydrogens (primary N) is 1. The van der Waals surface area contributed by atoms with E-state index in [1.165, 1.54) is 5.39 Å². The molecule has 0 amide bonds. The molecule has 3 aromatic heterocycles. The van der Waals surface area contributed by atoms with Gasteiger partial charge in [0.25, 0.3) is 0 Å². The summed E-state index contributed by atoms with van der Waals surface area (Å²) in [7, 11) is 0. The van der Waals surface area contributed by atoms with Crippen molar-refractivity contribution >= 4 is 22.4 Å². The highest BCUT2D eigenvalue weighted by Gasteiger charge is 2.20. The van der Waals surface area contributed by atoms with Crippen molar-refractivity contribution in [2.24, 2.45) is 5.73 Å². The first-order valence-electron chi connectivity index (χ1n) is 12.4. The van der Waals surface area contributed by atoms with Gasteiger partial charge < -0.3 is 26.2 Å². The fourth-order valence-corrected chi connectivity index (χ4v) is 4.89. The Bertz CT molecular complexity index is 1210. The van der Waals surface area contributed by atoms with E-state index in [1.54, 1.807) is 0 Å². The molecule has 0 spiro atoms. The number of H-pyrrole nitrogens is 1. The summed E-state index contributed by atoms with van der Waals surface area (Å²) in [5.41, 5.74) is 9.61. The van der Waals surface area contributed by atoms with E-state index in [0.717, 1.165) is 79.6 Å². The molecule has 2 fully saturated rings. The summed E-state index contributed by atoms with van der Waals surface area (Å²) in [6.45, 7) is 0. The fourth-order valence-electron chi connectivity index (χ4n) is 4.89. The lowest BCUT2D eigenvalue weighted by Gasteiger charge is -2.26. The molecule has 2 aliphatic carbocycles. The Hall–Kier alpha value is -2.94. The minimum absolute atomic E-state index is 0.0604. The number of fused-ring (bicyclic) bond motifs is 2. The highest BCUT2D eigenvalue weighted by Crippen LogP contribution is 2.26. The summed E-state index contributed by atoms with van der Waals surface area (Å²) in [6, 6.07) is 13.1. The molecule has 2 aliphatic rings. The van der Waals surface area contributed by atoms with E-state index in [4.69, 9.17) is 15.9 Å². The van der Waals surface area contributed by atoms with Crippen molar-refractivity contribution in [2.45, 2.75) is 75.7 Å². The molecule has 2 saturated carbocycles. The van der Waals surface area contributed by atoms with Gasteiger partial charge >= 0.3 is 0 Å². The fraction of sp³-hybridized carbons (Fsp3) is 0.462. The molecule has 0 aliphatic heterocycles. The van der Waals surface area contributed by atoms with Crippen molar-refractivity contribution in [1.82, 2.24) is 19.6 Å². The lowest BCUT2D eigenvalue weighted by molar-refractivity contribution is 0.123. The molecule has 3 heterocycles. The van der Waals surface area contributed by atoms with Crippen LogP contribution in [0.1, 0.15) is 51.4 Å². The van der Waals surface area contributed by atoms with Crippen molar-refractivity contribution in [3.63, 3.8) is 0 Å². The minimum atomic E-state index is -0.146. The number of hydrogen-bond acceptors (Lipinski definition) is 6. The van der Waals surface area contributed by atoms with Gasteiger partial charge in [-0.1, -0.05) is 6.07 Å². The molecule has 34 heavy (non-hydrogen) atoms. The van der Waals surface area contributed by atoms with Crippen LogP contribution in [0, 0.1) is 0 Å². The van der Waals surface area contributed by atoms with Crippen LogP contribution in [0.15, 0.2) is 48.8 Å². The first-order chi connectivity index (χ1) is 16.5. The Labute approximate surface area is 199 Å². The Morgan fingerprint density at radius 2 is 1.65 bits per heavy atom. The van der Waals surface area contributed by atoms with E-state index in [2.05, 4.69) is 39.6 Å². The van der Waals surface area contributed by atoms with Gasteiger partial charge in [-0.25, -0.2) is 9.50 Å². The van der Waals surface area contributed by atoms with Crippen molar-refractivity contribution in [1.29, 1.82) is 0 Å². The number of aromatic nitrogens is 4. The molecule has 8 heteroatoms. The van der Waals surface area contributed by atoms with Crippen molar-refractivity contribution in [3.8, 4) is 11.3 Å². The molecule has 0 atom stereocenters. The summed E-state index contributed by atoms with van der Waals surface area (Å²) >= 11 is 0. The van der Waals surface area contributed by atoms with Crippen LogP contribution in [0.3, 0.4) is 0 Å². The number of nitrogens with one attached hydrogen (secondary N) is 2. The zero-order chi connectivity index (χ0) is 23.5. The summed E-state index contributed by atoms with van der Waals surface area (Å²) in [5.74, 6) is 0.848. The van der Waals surface area contributed by atoms with Crippen molar-refractivity contribution in [2.75, 3.05) is 5.32 Å². The molecule has 6 rings (SSSR count). The van der Waals surface area contributed by atoms with Crippen LogP contribution in [-0.2, 0) is 0 Å². The third-order valence-electron chi connectivity index (χ3n) is 7.00. The molecule has 180 valence electrons. The van der Waals surface area contributed by atoms with E-state index in [-0.39, 0.29) is 12.2 Å². The normalized spacial score (nSPS) is 25.1. The number of benzene rings is 1. The zero-order valence-corrected chi connectivity index (χ0v) is 19.4. The van der Waals surface area contributed by atoms with Crippen molar-refractivity contribution in [3.05, 3.63) is 48.8 Å². The van der Waals surface area contributed by atoms with Crippen LogP contribution < -0.4 is 11.1 Å². The Morgan fingerprint density at radius 1 is 0.912 bits per heavy atom. The second-order valence-electron chi connectivity index (χ2n) is 9.63. The summed E-state index contributed by atoms with van der Waals surface area (Å²) in [5, 5.41) is 28.1. The number of aliphatic hydroxyl groups excluding tert-OH is 2. The highest BCUT2D eigenvalue weighted by molar-refractivity contribution is 5.84. The van der Waals surface area contributed by atoms with Gasteiger partial charge in [0.05, 0.1) is 24.1 Å². The second kappa shape index (κ2) is 10.1. The lowest BCUT2D eigenvalue weighted by atomic mass is 9.93. The number of aromatic amines is 1. The van der Waals surface area contributed by atoms with Gasteiger partial charge in [-0.15, -0.1) is 5.10 Å². The van der Waals surface area contributed by atoms with Gasteiger partial charge in [-0.3, -0.25) is 0 Å². The van der Waals surface area contributed by atoms with Crippen molar-refractivity contribution < 1.29 is 10.2 Å². The van der Waals surface area contributed by atoms with E-state index in [1.807, 2.05) is 29.0 Å². The maximum absolute atomic E-state index is 9.67. The van der Waals surface area contributed by atoms with Crippen LogP contribution in [0.5, 0.6) is 0 Å². The lowest BCUT2D eigenvalue weighted by Crippen LogP contribution is -2.28. The van der Waals surface area contributed by atoms with Gasteiger partial charge in [0.1, 0.15) is 5.82 Å². The Balaban J connectivity index is 0.000000257. The maximum Gasteiger partial charge on any atom is 0.154 e. The number of nitrogens with zero attached hydrogens (tertiary/aromatic N) is 3. The van der Waals surface area contributed by atoms with Crippen LogP contribution in [-0.4, -0.2) is 54.1 Å². The SMILES string of the molecule is NC1CCC(O)CC1.OC1CCC(Nc2ccc3ncc(-c4ccc5[nH]ccc5c4)n3n2)CC1. The van der Waals surface area contributed by atoms with E-state index in [0.29, 0.717) is 12.1 Å². The molecule has 0 unspecified atom stereocenters. The van der Waals surface area contributed by atoms with Gasteiger partial charge in [0.15, 0.2) is 5.65 Å². The number of rotatable bonds is 3. The van der Waals surface area contributed by atoms with Crippen LogP contribution in [0.4, 0.5) is 5.82 Å². The van der Waals surface area contributed by atoms with E-state index >= 15 is 0 Å². The van der Waals surface area contributed by atoms with E-state index in [9.17, 15) is 5.11 Å². The predicted molar refractivity (Wildman–Crippen MR) is 135 cm³/mol. The van der Waals surface area contributed by atoms with Crippen LogP contribution in [0.2, 0.25) is 0 Å². The van der Waals surface area contributed by atoms with Gasteiger partial charge in [-0.2, -0.15) is 0 Å². The van der Waals surface area contributed by atoms with Crippen LogP contribution in [0.25, 0.3) is 27.8 Å². The molecule has 0 radical (unpaired) electrons. The van der Waals surface area contributed by atoms with Gasteiger partial charge in [0, 0.05) is 34.7 Å². The van der Waals surface area contributed by atoms with Gasteiger partial charge in [-0.05, 0) is 81.7 Å². The topological polar surface area (TPSA) is 124 Å². The number of aliphatic hydroxyl groups is 2. The molecule has 6 N–H and O–H groups in total. The van der Waals surface area contributed by atoms with Crippen LogP contribution >= 0.6 is 0 Å². The third-order valence-corrected chi connectivity index (χ3v) is 7.00. The second-order valence-corrected chi connectivity index (χ2v) is 9.63. The predicted octanol–water partition coefficient (Wildman–Crippen LogP) is 3.84. The highest BCUT2D eigenvalue weighted by atomic mass is 16.3. The first-order valence-corrected chi connectivity index (χ1v) is 12.4.